The molecule has 0 atom stereocenters. The Morgan fingerprint density at radius 1 is 1.10 bits per heavy atom. The first-order valence-corrected chi connectivity index (χ1v) is 9.11. The molecule has 0 saturated carbocycles. The van der Waals surface area contributed by atoms with Gasteiger partial charge >= 0.3 is 5.69 Å². The van der Waals surface area contributed by atoms with Crippen molar-refractivity contribution >= 4 is 28.7 Å². The van der Waals surface area contributed by atoms with Gasteiger partial charge in [0.05, 0.1) is 22.8 Å². The average molecular weight is 424 g/mol. The molecule has 0 saturated heterocycles. The fraction of sp³-hybridized carbons (Fsp3) is 0.0500. The summed E-state index contributed by atoms with van der Waals surface area (Å²) in [5.74, 6) is -0.342. The lowest BCUT2D eigenvalue weighted by atomic mass is 10.2. The van der Waals surface area contributed by atoms with Crippen LogP contribution in [-0.4, -0.2) is 30.5 Å². The number of fused-ring (bicyclic) bond motifs is 1. The first-order chi connectivity index (χ1) is 14.4. The third-order valence-corrected chi connectivity index (χ3v) is 4.68. The van der Waals surface area contributed by atoms with Crippen LogP contribution in [0.15, 0.2) is 68.0 Å². The Kier molecular flexibility index (Phi) is 4.80. The van der Waals surface area contributed by atoms with Gasteiger partial charge in [-0.15, -0.1) is 0 Å². The molecule has 10 heteroatoms. The van der Waals surface area contributed by atoms with Crippen LogP contribution in [0.5, 0.6) is 5.88 Å². The minimum atomic E-state index is -0.856. The summed E-state index contributed by atoms with van der Waals surface area (Å²) in [4.78, 5) is 43.6. The molecule has 9 nitrogen and oxygen atoms in total. The molecule has 0 aliphatic carbocycles. The lowest BCUT2D eigenvalue weighted by molar-refractivity contribution is 0.430. The number of nitrogens with zero attached hydrogens (tertiary/aromatic N) is 4. The highest BCUT2D eigenvalue weighted by Crippen LogP contribution is 2.17. The standard InChI is InChI=1S/C20H14ClN5O4/c1-11-23-16-5-3-2-4-14(16)19(29)26(11)22-10-15-17(27)24-20(30)25(18(15)28)13-8-6-12(21)7-9-13/h2-10,28H,1H3,(H,24,27,30)/b22-10+. The normalized spacial score (nSPS) is 11.4. The maximum atomic E-state index is 12.7. The lowest BCUT2D eigenvalue weighted by Crippen LogP contribution is -2.31. The van der Waals surface area contributed by atoms with Crippen molar-refractivity contribution in [2.45, 2.75) is 6.92 Å². The number of aromatic nitrogens is 4. The van der Waals surface area contributed by atoms with Crippen LogP contribution in [0, 0.1) is 6.92 Å². The van der Waals surface area contributed by atoms with Crippen LogP contribution in [0.1, 0.15) is 11.4 Å². The van der Waals surface area contributed by atoms with Crippen molar-refractivity contribution in [3.8, 4) is 11.6 Å². The van der Waals surface area contributed by atoms with Crippen LogP contribution in [0.2, 0.25) is 5.02 Å². The van der Waals surface area contributed by atoms with E-state index in [4.69, 9.17) is 11.6 Å². The highest BCUT2D eigenvalue weighted by molar-refractivity contribution is 6.30. The van der Waals surface area contributed by atoms with Gasteiger partial charge in [0.15, 0.2) is 0 Å². The Morgan fingerprint density at radius 3 is 2.53 bits per heavy atom. The highest BCUT2D eigenvalue weighted by Gasteiger charge is 2.15. The number of rotatable bonds is 3. The molecule has 0 radical (unpaired) electrons. The second-order valence-corrected chi connectivity index (χ2v) is 6.78. The number of nitrogens with one attached hydrogen (secondary N) is 1. The number of aryl methyl sites for hydroxylation is 1. The van der Waals surface area contributed by atoms with E-state index in [1.807, 2.05) is 0 Å². The van der Waals surface area contributed by atoms with Crippen molar-refractivity contribution in [2.24, 2.45) is 5.10 Å². The fourth-order valence-electron chi connectivity index (χ4n) is 2.97. The molecule has 0 unspecified atom stereocenters. The molecule has 2 aromatic carbocycles. The summed E-state index contributed by atoms with van der Waals surface area (Å²) in [5, 5.41) is 15.4. The summed E-state index contributed by atoms with van der Waals surface area (Å²) < 4.78 is 1.91. The number of hydrogen-bond acceptors (Lipinski definition) is 6. The molecule has 0 aliphatic heterocycles. The van der Waals surface area contributed by atoms with E-state index in [-0.39, 0.29) is 17.1 Å². The van der Waals surface area contributed by atoms with Gasteiger partial charge in [-0.25, -0.2) is 14.3 Å². The van der Waals surface area contributed by atoms with Gasteiger partial charge in [-0.05, 0) is 43.3 Å². The maximum absolute atomic E-state index is 12.7. The van der Waals surface area contributed by atoms with E-state index in [2.05, 4.69) is 15.1 Å². The average Bonchev–Trinajstić information content (AvgIpc) is 2.71. The molecule has 2 heterocycles. The number of halogens is 1. The van der Waals surface area contributed by atoms with E-state index in [1.54, 1.807) is 31.2 Å². The first kappa shape index (κ1) is 19.3. The highest BCUT2D eigenvalue weighted by atomic mass is 35.5. The first-order valence-electron chi connectivity index (χ1n) is 8.74. The van der Waals surface area contributed by atoms with Crippen molar-refractivity contribution in [2.75, 3.05) is 0 Å². The SMILES string of the molecule is Cc1nc2ccccc2c(=O)n1/N=C/c1c(O)n(-c2ccc(Cl)cc2)c(=O)[nH]c1=O. The molecule has 0 amide bonds. The predicted octanol–water partition coefficient (Wildman–Crippen LogP) is 1.79. The number of aromatic hydroxyl groups is 1. The third-order valence-electron chi connectivity index (χ3n) is 4.42. The lowest BCUT2D eigenvalue weighted by Gasteiger charge is -2.10. The molecule has 0 spiro atoms. The van der Waals surface area contributed by atoms with E-state index in [0.717, 1.165) is 15.5 Å². The molecule has 0 fully saturated rings. The molecule has 150 valence electrons. The summed E-state index contributed by atoms with van der Waals surface area (Å²) in [7, 11) is 0. The zero-order valence-corrected chi connectivity index (χ0v) is 16.3. The molecular formula is C20H14ClN5O4. The van der Waals surface area contributed by atoms with Gasteiger partial charge in [-0.1, -0.05) is 23.7 Å². The number of H-pyrrole nitrogens is 1. The van der Waals surface area contributed by atoms with Crippen LogP contribution in [0.25, 0.3) is 16.6 Å². The van der Waals surface area contributed by atoms with Crippen molar-refractivity contribution in [3.05, 3.63) is 96.1 Å². The molecule has 0 bridgehead atoms. The maximum Gasteiger partial charge on any atom is 0.335 e. The second-order valence-electron chi connectivity index (χ2n) is 6.35. The number of para-hydroxylation sites is 1. The summed E-state index contributed by atoms with van der Waals surface area (Å²) in [5.41, 5.74) is -1.62. The zero-order chi connectivity index (χ0) is 21.4. The molecule has 4 aromatic rings. The van der Waals surface area contributed by atoms with Gasteiger partial charge in [-0.3, -0.25) is 14.6 Å². The van der Waals surface area contributed by atoms with Crippen LogP contribution in [-0.2, 0) is 0 Å². The quantitative estimate of drug-likeness (QED) is 0.486. The number of aromatic amines is 1. The fourth-order valence-corrected chi connectivity index (χ4v) is 3.10. The van der Waals surface area contributed by atoms with Crippen molar-refractivity contribution in [3.63, 3.8) is 0 Å². The monoisotopic (exact) mass is 423 g/mol. The van der Waals surface area contributed by atoms with Crippen LogP contribution >= 0.6 is 11.6 Å². The van der Waals surface area contributed by atoms with Crippen LogP contribution in [0.3, 0.4) is 0 Å². The third kappa shape index (κ3) is 3.31. The second kappa shape index (κ2) is 7.45. The molecule has 2 N–H and O–H groups in total. The Hall–Kier alpha value is -3.98. The summed E-state index contributed by atoms with van der Waals surface area (Å²) in [6.45, 7) is 1.59. The van der Waals surface area contributed by atoms with E-state index < -0.39 is 22.7 Å². The van der Waals surface area contributed by atoms with E-state index in [9.17, 15) is 19.5 Å². The summed E-state index contributed by atoms with van der Waals surface area (Å²) in [6.07, 6.45) is 1.00. The summed E-state index contributed by atoms with van der Waals surface area (Å²) in [6, 6.07) is 12.9. The smallest absolute Gasteiger partial charge is 0.335 e. The zero-order valence-electron chi connectivity index (χ0n) is 15.5. The van der Waals surface area contributed by atoms with Gasteiger partial charge < -0.3 is 5.11 Å². The Labute approximate surface area is 173 Å². The van der Waals surface area contributed by atoms with Gasteiger partial charge in [0.25, 0.3) is 11.1 Å². The van der Waals surface area contributed by atoms with E-state index in [1.165, 1.54) is 24.3 Å². The molecule has 2 aromatic heterocycles. The minimum absolute atomic E-state index is 0.286. The van der Waals surface area contributed by atoms with Gasteiger partial charge in [0.2, 0.25) is 5.88 Å². The van der Waals surface area contributed by atoms with Gasteiger partial charge in [0.1, 0.15) is 11.4 Å². The van der Waals surface area contributed by atoms with Crippen molar-refractivity contribution < 1.29 is 5.11 Å². The largest absolute Gasteiger partial charge is 0.493 e. The van der Waals surface area contributed by atoms with Crippen molar-refractivity contribution in [1.29, 1.82) is 0 Å². The molecule has 4 rings (SSSR count). The molecule has 30 heavy (non-hydrogen) atoms. The Morgan fingerprint density at radius 2 is 1.80 bits per heavy atom. The van der Waals surface area contributed by atoms with Crippen molar-refractivity contribution in [1.82, 2.24) is 19.2 Å². The van der Waals surface area contributed by atoms with E-state index in [0.29, 0.717) is 15.9 Å². The number of benzene rings is 2. The van der Waals surface area contributed by atoms with Crippen LogP contribution in [0.4, 0.5) is 0 Å². The topological polar surface area (TPSA) is 122 Å². The minimum Gasteiger partial charge on any atom is -0.493 e. The number of hydrogen-bond donors (Lipinski definition) is 2. The Bertz CT molecular complexity index is 1480. The van der Waals surface area contributed by atoms with Crippen LogP contribution < -0.4 is 16.8 Å². The molecule has 0 aliphatic rings. The summed E-state index contributed by atoms with van der Waals surface area (Å²) >= 11 is 5.86. The predicted molar refractivity (Wildman–Crippen MR) is 113 cm³/mol. The van der Waals surface area contributed by atoms with Gasteiger partial charge in [0, 0.05) is 5.02 Å². The Balaban J connectivity index is 1.88. The van der Waals surface area contributed by atoms with E-state index >= 15 is 0 Å². The van der Waals surface area contributed by atoms with Gasteiger partial charge in [-0.2, -0.15) is 9.78 Å². The molecular weight excluding hydrogens is 410 g/mol.